The maximum absolute atomic E-state index is 13.3. The summed E-state index contributed by atoms with van der Waals surface area (Å²) in [5.74, 6) is 3.53. The van der Waals surface area contributed by atoms with E-state index in [-0.39, 0.29) is 34.8 Å². The largest absolute Gasteiger partial charge is 0.481 e. The van der Waals surface area contributed by atoms with E-state index in [2.05, 4.69) is 45.2 Å². The van der Waals surface area contributed by atoms with Gasteiger partial charge in [-0.25, -0.2) is 8.42 Å². The third kappa shape index (κ3) is 6.05. The number of sulfone groups is 1. The van der Waals surface area contributed by atoms with Crippen LogP contribution in [0.2, 0.25) is 0 Å². The van der Waals surface area contributed by atoms with Gasteiger partial charge in [-0.2, -0.15) is 0 Å². The number of rotatable bonds is 8. The van der Waals surface area contributed by atoms with Crippen LogP contribution in [-0.2, 0) is 19.4 Å². The van der Waals surface area contributed by atoms with Crippen molar-refractivity contribution in [1.82, 2.24) is 10.2 Å². The number of aliphatic carboxylic acids is 1. The van der Waals surface area contributed by atoms with Crippen LogP contribution < -0.4 is 5.32 Å². The SMILES string of the molecule is CC/C=C(\CCC(=O)O)C1=CCC2(C)C(CCC3(C)C4CCC5(NCC(=O)N6CCCS(=O)(=O)CC6)CCCC5C4CCC23)C1C. The minimum atomic E-state index is -3.03. The third-order valence-electron chi connectivity index (χ3n) is 14.6. The van der Waals surface area contributed by atoms with E-state index in [0.29, 0.717) is 67.5 Å². The van der Waals surface area contributed by atoms with Crippen molar-refractivity contribution >= 4 is 21.7 Å². The van der Waals surface area contributed by atoms with Crippen molar-refractivity contribution in [1.29, 1.82) is 0 Å². The smallest absolute Gasteiger partial charge is 0.303 e. The van der Waals surface area contributed by atoms with Gasteiger partial charge >= 0.3 is 5.97 Å². The van der Waals surface area contributed by atoms with Crippen LogP contribution in [0.3, 0.4) is 0 Å². The van der Waals surface area contributed by atoms with E-state index in [9.17, 15) is 23.1 Å². The van der Waals surface area contributed by atoms with E-state index < -0.39 is 15.8 Å². The van der Waals surface area contributed by atoms with Gasteiger partial charge in [0.1, 0.15) is 0 Å². The standard InChI is InChI=1S/C38H60N2O5S/c1-5-8-27(10-13-35(42)43)28-14-18-36(3)30(26(28)2)15-19-37(4)31-16-20-38(17-6-9-32(38)29(31)11-12-33(36)37)39-25-34(41)40-21-7-23-46(44,45)24-22-40/h8,14,26,29-33,39H,5-7,9-13,15-25H2,1-4H3,(H,42,43)/b27-8+. The summed E-state index contributed by atoms with van der Waals surface area (Å²) in [6.07, 6.45) is 19.4. The topological polar surface area (TPSA) is 104 Å². The highest BCUT2D eigenvalue weighted by atomic mass is 32.2. The van der Waals surface area contributed by atoms with Crippen molar-refractivity contribution < 1.29 is 23.1 Å². The minimum Gasteiger partial charge on any atom is -0.481 e. The van der Waals surface area contributed by atoms with E-state index in [1.165, 1.54) is 56.1 Å². The lowest BCUT2D eigenvalue weighted by molar-refractivity contribution is -0.166. The average molecular weight is 657 g/mol. The normalized spacial score (nSPS) is 42.1. The lowest BCUT2D eigenvalue weighted by Crippen LogP contribution is -2.63. The van der Waals surface area contributed by atoms with E-state index in [1.54, 1.807) is 4.90 Å². The molecule has 4 saturated carbocycles. The number of carbonyl (C=O) groups excluding carboxylic acids is 1. The zero-order valence-corrected chi connectivity index (χ0v) is 29.8. The third-order valence-corrected chi connectivity index (χ3v) is 16.4. The van der Waals surface area contributed by atoms with Crippen molar-refractivity contribution in [2.75, 3.05) is 31.1 Å². The first-order valence-electron chi connectivity index (χ1n) is 18.7. The Hall–Kier alpha value is -1.67. The van der Waals surface area contributed by atoms with Crippen LogP contribution >= 0.6 is 0 Å². The Labute approximate surface area is 278 Å². The Kier molecular flexibility index (Phi) is 9.65. The molecule has 0 spiro atoms. The predicted molar refractivity (Wildman–Crippen MR) is 183 cm³/mol. The maximum atomic E-state index is 13.3. The molecular weight excluding hydrogens is 596 g/mol. The zero-order valence-electron chi connectivity index (χ0n) is 29.0. The summed E-state index contributed by atoms with van der Waals surface area (Å²) >= 11 is 0. The van der Waals surface area contributed by atoms with E-state index in [4.69, 9.17) is 0 Å². The van der Waals surface area contributed by atoms with Crippen LogP contribution in [0.25, 0.3) is 0 Å². The number of fused-ring (bicyclic) bond motifs is 7. The van der Waals surface area contributed by atoms with Gasteiger partial charge in [-0.1, -0.05) is 46.3 Å². The first-order valence-corrected chi connectivity index (χ1v) is 20.5. The molecule has 2 N–H and O–H groups in total. The molecule has 1 amide bonds. The fourth-order valence-corrected chi connectivity index (χ4v) is 13.9. The number of allylic oxidation sites excluding steroid dienone is 4. The van der Waals surface area contributed by atoms with Crippen LogP contribution in [0.15, 0.2) is 23.3 Å². The number of amides is 1. The highest BCUT2D eigenvalue weighted by molar-refractivity contribution is 7.91. The number of nitrogens with zero attached hydrogens (tertiary/aromatic N) is 1. The van der Waals surface area contributed by atoms with E-state index in [1.807, 2.05) is 0 Å². The molecule has 6 aliphatic rings. The van der Waals surface area contributed by atoms with Crippen LogP contribution in [0.4, 0.5) is 0 Å². The molecule has 0 bridgehead atoms. The molecule has 5 fully saturated rings. The minimum absolute atomic E-state index is 0.0496. The van der Waals surface area contributed by atoms with Gasteiger partial charge in [0.2, 0.25) is 5.91 Å². The molecule has 1 heterocycles. The molecule has 0 aromatic rings. The maximum Gasteiger partial charge on any atom is 0.303 e. The van der Waals surface area contributed by atoms with Gasteiger partial charge in [0.25, 0.3) is 0 Å². The monoisotopic (exact) mass is 656 g/mol. The van der Waals surface area contributed by atoms with Crippen molar-refractivity contribution in [3.05, 3.63) is 23.3 Å². The van der Waals surface area contributed by atoms with E-state index >= 15 is 0 Å². The number of carbonyl (C=O) groups is 2. The Morgan fingerprint density at radius 1 is 0.957 bits per heavy atom. The molecule has 1 aliphatic heterocycles. The zero-order chi connectivity index (χ0) is 32.9. The van der Waals surface area contributed by atoms with Gasteiger partial charge in [-0.3, -0.25) is 9.59 Å². The molecule has 6 rings (SSSR count). The summed E-state index contributed by atoms with van der Waals surface area (Å²) in [7, 11) is -3.03. The quantitative estimate of drug-likeness (QED) is 0.298. The molecule has 9 unspecified atom stereocenters. The fourth-order valence-electron chi connectivity index (χ4n) is 12.6. The second kappa shape index (κ2) is 13.0. The number of carboxylic acid groups (broad SMARTS) is 1. The lowest BCUT2D eigenvalue weighted by atomic mass is 9.38. The Morgan fingerprint density at radius 3 is 2.50 bits per heavy atom. The molecule has 0 radical (unpaired) electrons. The van der Waals surface area contributed by atoms with Crippen molar-refractivity contribution in [3.8, 4) is 0 Å². The van der Waals surface area contributed by atoms with Gasteiger partial charge in [0.15, 0.2) is 9.84 Å². The first-order chi connectivity index (χ1) is 21.8. The van der Waals surface area contributed by atoms with E-state index in [0.717, 1.165) is 31.6 Å². The van der Waals surface area contributed by atoms with Crippen molar-refractivity contribution in [2.45, 2.75) is 123 Å². The summed E-state index contributed by atoms with van der Waals surface area (Å²) in [4.78, 5) is 26.5. The molecular formula is C38H60N2O5S. The van der Waals surface area contributed by atoms with Crippen LogP contribution in [-0.4, -0.2) is 67.0 Å². The van der Waals surface area contributed by atoms with Gasteiger partial charge in [-0.05, 0) is 135 Å². The second-order valence-corrected chi connectivity index (χ2v) is 19.0. The first kappa shape index (κ1) is 34.2. The summed E-state index contributed by atoms with van der Waals surface area (Å²) in [6.45, 7) is 11.1. The summed E-state index contributed by atoms with van der Waals surface area (Å²) < 4.78 is 24.2. The molecule has 7 nitrogen and oxygen atoms in total. The van der Waals surface area contributed by atoms with Crippen LogP contribution in [0.5, 0.6) is 0 Å². The molecule has 1 saturated heterocycles. The van der Waals surface area contributed by atoms with Gasteiger partial charge in [0, 0.05) is 25.0 Å². The molecule has 8 heteroatoms. The fraction of sp³-hybridized carbons (Fsp3) is 0.842. The number of hydrogen-bond acceptors (Lipinski definition) is 5. The Morgan fingerprint density at radius 2 is 1.74 bits per heavy atom. The average Bonchev–Trinajstić information content (AvgIpc) is 3.35. The van der Waals surface area contributed by atoms with Crippen LogP contribution in [0.1, 0.15) is 118 Å². The summed E-state index contributed by atoms with van der Waals surface area (Å²) in [5, 5.41) is 13.3. The van der Waals surface area contributed by atoms with Gasteiger partial charge in [-0.15, -0.1) is 0 Å². The van der Waals surface area contributed by atoms with Crippen molar-refractivity contribution in [3.63, 3.8) is 0 Å². The van der Waals surface area contributed by atoms with Gasteiger partial charge in [0.05, 0.1) is 18.1 Å². The predicted octanol–water partition coefficient (Wildman–Crippen LogP) is 6.79. The molecule has 9 atom stereocenters. The molecule has 5 aliphatic carbocycles. The Bertz CT molecular complexity index is 1360. The highest BCUT2D eigenvalue weighted by Gasteiger charge is 2.64. The molecule has 0 aromatic carbocycles. The molecule has 0 aromatic heterocycles. The number of carboxylic acids is 1. The highest BCUT2D eigenvalue weighted by Crippen LogP contribution is 2.70. The second-order valence-electron chi connectivity index (χ2n) is 16.7. The lowest BCUT2D eigenvalue weighted by Gasteiger charge is -2.67. The van der Waals surface area contributed by atoms with Crippen molar-refractivity contribution in [2.24, 2.45) is 46.3 Å². The van der Waals surface area contributed by atoms with Crippen LogP contribution in [0, 0.1) is 46.3 Å². The van der Waals surface area contributed by atoms with Gasteiger partial charge < -0.3 is 15.3 Å². The number of hydrogen-bond donors (Lipinski definition) is 2. The number of nitrogens with one attached hydrogen (secondary N) is 1. The molecule has 258 valence electrons. The summed E-state index contributed by atoms with van der Waals surface area (Å²) in [5.41, 5.74) is 3.37. The Balaban J connectivity index is 1.16. The molecule has 46 heavy (non-hydrogen) atoms. The summed E-state index contributed by atoms with van der Waals surface area (Å²) in [6, 6.07) is 0.